The summed E-state index contributed by atoms with van der Waals surface area (Å²) in [5, 5.41) is 21.6. The molecule has 0 atom stereocenters. The molecule has 158 valence electrons. The Kier molecular flexibility index (Phi) is 5.78. The van der Waals surface area contributed by atoms with Crippen molar-refractivity contribution in [2.45, 2.75) is 12.5 Å². The maximum atomic E-state index is 12.6. The number of hydrogen-bond acceptors (Lipinski definition) is 4. The van der Waals surface area contributed by atoms with Gasteiger partial charge in [0, 0.05) is 16.1 Å². The van der Waals surface area contributed by atoms with Gasteiger partial charge in [0.15, 0.2) is 0 Å². The second kappa shape index (κ2) is 8.51. The summed E-state index contributed by atoms with van der Waals surface area (Å²) in [5.74, 6) is -0.903. The Balaban J connectivity index is 1.79. The van der Waals surface area contributed by atoms with Crippen LogP contribution in [-0.2, 0) is 6.42 Å². The number of carbonyl (C=O) groups excluding carboxylic acids is 2. The predicted octanol–water partition coefficient (Wildman–Crippen LogP) is 2.76. The Bertz CT molecular complexity index is 1170. The summed E-state index contributed by atoms with van der Waals surface area (Å²) in [7, 11) is 0. The van der Waals surface area contributed by atoms with Gasteiger partial charge >= 0.3 is 0 Å². The molecule has 0 saturated heterocycles. The van der Waals surface area contributed by atoms with Crippen LogP contribution in [0.4, 0.5) is 0 Å². The van der Waals surface area contributed by atoms with Gasteiger partial charge in [-0.2, -0.15) is 0 Å². The van der Waals surface area contributed by atoms with Gasteiger partial charge in [0.2, 0.25) is 5.91 Å². The van der Waals surface area contributed by atoms with Crippen LogP contribution in [0.3, 0.4) is 0 Å². The van der Waals surface area contributed by atoms with Crippen molar-refractivity contribution in [3.05, 3.63) is 81.9 Å². The zero-order valence-corrected chi connectivity index (χ0v) is 17.3. The van der Waals surface area contributed by atoms with Crippen molar-refractivity contribution in [2.24, 2.45) is 5.73 Å². The van der Waals surface area contributed by atoms with E-state index in [2.05, 4.69) is 5.32 Å². The minimum atomic E-state index is -0.731. The van der Waals surface area contributed by atoms with Crippen LogP contribution in [-0.4, -0.2) is 41.3 Å². The van der Waals surface area contributed by atoms with E-state index in [1.54, 1.807) is 30.3 Å². The molecule has 0 bridgehead atoms. The van der Waals surface area contributed by atoms with E-state index in [4.69, 9.17) is 17.3 Å². The summed E-state index contributed by atoms with van der Waals surface area (Å²) in [4.78, 5) is 24.8. The second-order valence-electron chi connectivity index (χ2n) is 7.51. The van der Waals surface area contributed by atoms with Crippen molar-refractivity contribution < 1.29 is 19.8 Å². The molecule has 0 aromatic heterocycles. The molecule has 1 aliphatic rings. The van der Waals surface area contributed by atoms with Crippen molar-refractivity contribution in [1.82, 2.24) is 5.32 Å². The molecule has 7 heteroatoms. The van der Waals surface area contributed by atoms with Crippen LogP contribution in [0.5, 0.6) is 0 Å². The molecule has 0 radical (unpaired) electrons. The Labute approximate surface area is 184 Å². The molecule has 0 aliphatic heterocycles. The summed E-state index contributed by atoms with van der Waals surface area (Å²) in [5.41, 5.74) is 11.8. The lowest BCUT2D eigenvalue weighted by Crippen LogP contribution is -2.40. The lowest BCUT2D eigenvalue weighted by atomic mass is 9.93. The van der Waals surface area contributed by atoms with Gasteiger partial charge < -0.3 is 21.3 Å². The van der Waals surface area contributed by atoms with Gasteiger partial charge in [-0.3, -0.25) is 9.59 Å². The number of benzene rings is 3. The molecule has 1 aliphatic carbocycles. The lowest BCUT2D eigenvalue weighted by Gasteiger charge is -2.14. The van der Waals surface area contributed by atoms with Crippen LogP contribution >= 0.6 is 11.6 Å². The summed E-state index contributed by atoms with van der Waals surface area (Å²) < 4.78 is 0. The van der Waals surface area contributed by atoms with E-state index in [0.29, 0.717) is 22.6 Å². The van der Waals surface area contributed by atoms with Crippen molar-refractivity contribution in [3.63, 3.8) is 0 Å². The number of hydrogen-bond donors (Lipinski definition) is 4. The Morgan fingerprint density at radius 3 is 2.32 bits per heavy atom. The highest BCUT2D eigenvalue weighted by atomic mass is 35.5. The minimum absolute atomic E-state index is 0.359. The number of aliphatic hydroxyl groups excluding tert-OH is 2. The number of halogens is 1. The SMILES string of the molecule is NC(=O)c1cc(-c2ccc(Cl)cc2)cc2c1Cc1ccc(C(=O)NC(CO)CO)cc1-2. The fourth-order valence-corrected chi connectivity index (χ4v) is 3.99. The number of amides is 2. The van der Waals surface area contributed by atoms with E-state index in [9.17, 15) is 19.8 Å². The maximum absolute atomic E-state index is 12.6. The fraction of sp³-hybridized carbons (Fsp3) is 0.167. The van der Waals surface area contributed by atoms with E-state index in [-0.39, 0.29) is 13.2 Å². The normalized spacial score (nSPS) is 11.9. The molecule has 2 amide bonds. The van der Waals surface area contributed by atoms with Crippen molar-refractivity contribution in [3.8, 4) is 22.3 Å². The van der Waals surface area contributed by atoms with Crippen molar-refractivity contribution in [1.29, 1.82) is 0 Å². The van der Waals surface area contributed by atoms with Gasteiger partial charge in [-0.15, -0.1) is 0 Å². The number of rotatable bonds is 6. The van der Waals surface area contributed by atoms with Gasteiger partial charge in [0.25, 0.3) is 5.91 Å². The van der Waals surface area contributed by atoms with Crippen LogP contribution in [0, 0.1) is 0 Å². The van der Waals surface area contributed by atoms with Crippen LogP contribution < -0.4 is 11.1 Å². The molecule has 3 aromatic rings. The van der Waals surface area contributed by atoms with E-state index < -0.39 is 17.9 Å². The van der Waals surface area contributed by atoms with Crippen molar-refractivity contribution in [2.75, 3.05) is 13.2 Å². The third-order valence-electron chi connectivity index (χ3n) is 5.50. The lowest BCUT2D eigenvalue weighted by molar-refractivity contribution is 0.0879. The zero-order valence-electron chi connectivity index (χ0n) is 16.6. The summed E-state index contributed by atoms with van der Waals surface area (Å²) in [6.07, 6.45) is 0.543. The number of carbonyl (C=O) groups is 2. The molecule has 0 fully saturated rings. The van der Waals surface area contributed by atoms with Crippen LogP contribution in [0.1, 0.15) is 31.8 Å². The number of nitrogens with one attached hydrogen (secondary N) is 1. The van der Waals surface area contributed by atoms with Crippen LogP contribution in [0.2, 0.25) is 5.02 Å². The molecule has 0 unspecified atom stereocenters. The highest BCUT2D eigenvalue weighted by molar-refractivity contribution is 6.30. The van der Waals surface area contributed by atoms with Gasteiger partial charge in [-0.1, -0.05) is 29.8 Å². The first-order valence-electron chi connectivity index (χ1n) is 9.79. The summed E-state index contributed by atoms with van der Waals surface area (Å²) in [6.45, 7) is -0.717. The van der Waals surface area contributed by atoms with Crippen LogP contribution in [0.25, 0.3) is 22.3 Å². The third-order valence-corrected chi connectivity index (χ3v) is 5.75. The number of nitrogens with two attached hydrogens (primary N) is 1. The van der Waals surface area contributed by atoms with E-state index in [1.807, 2.05) is 24.3 Å². The highest BCUT2D eigenvalue weighted by Gasteiger charge is 2.26. The molecule has 5 N–H and O–H groups in total. The summed E-state index contributed by atoms with van der Waals surface area (Å²) >= 11 is 6.00. The van der Waals surface area contributed by atoms with E-state index >= 15 is 0 Å². The molecule has 0 saturated carbocycles. The quantitative estimate of drug-likeness (QED) is 0.372. The Morgan fingerprint density at radius 2 is 1.68 bits per heavy atom. The largest absolute Gasteiger partial charge is 0.394 e. The standard InChI is InChI=1S/C24H21ClN2O4/c25-17-5-3-13(4-6-17)16-9-20-19-8-15(24(31)27-18(11-28)12-29)2-1-14(19)7-21(20)22(10-16)23(26)30/h1-6,8-10,18,28-29H,7,11-12H2,(H2,26,30)(H,27,31). The third kappa shape index (κ3) is 4.05. The first-order chi connectivity index (χ1) is 14.9. The first-order valence-corrected chi connectivity index (χ1v) is 10.2. The molecule has 0 spiro atoms. The molecule has 31 heavy (non-hydrogen) atoms. The van der Waals surface area contributed by atoms with Gasteiger partial charge in [0.1, 0.15) is 0 Å². The van der Waals surface area contributed by atoms with Crippen LogP contribution in [0.15, 0.2) is 54.6 Å². The molecular weight excluding hydrogens is 416 g/mol. The van der Waals surface area contributed by atoms with Crippen molar-refractivity contribution >= 4 is 23.4 Å². The number of aliphatic hydroxyl groups is 2. The van der Waals surface area contributed by atoms with Gasteiger partial charge in [-0.25, -0.2) is 0 Å². The molecule has 0 heterocycles. The zero-order chi connectivity index (χ0) is 22.1. The van der Waals surface area contributed by atoms with E-state index in [1.165, 1.54) is 0 Å². The number of primary amides is 1. The van der Waals surface area contributed by atoms with E-state index in [0.717, 1.165) is 33.4 Å². The second-order valence-corrected chi connectivity index (χ2v) is 7.94. The summed E-state index contributed by atoms with van der Waals surface area (Å²) in [6, 6.07) is 15.7. The number of fused-ring (bicyclic) bond motifs is 3. The topological polar surface area (TPSA) is 113 Å². The predicted molar refractivity (Wildman–Crippen MR) is 119 cm³/mol. The average molecular weight is 437 g/mol. The molecule has 3 aromatic carbocycles. The molecule has 4 rings (SSSR count). The molecular formula is C24H21ClN2O4. The monoisotopic (exact) mass is 436 g/mol. The Morgan fingerprint density at radius 1 is 0.968 bits per heavy atom. The Hall–Kier alpha value is -3.19. The fourth-order valence-electron chi connectivity index (χ4n) is 3.86. The molecule has 6 nitrogen and oxygen atoms in total. The maximum Gasteiger partial charge on any atom is 0.251 e. The highest BCUT2D eigenvalue weighted by Crippen LogP contribution is 2.41. The average Bonchev–Trinajstić information content (AvgIpc) is 3.14. The smallest absolute Gasteiger partial charge is 0.251 e. The minimum Gasteiger partial charge on any atom is -0.394 e. The van der Waals surface area contributed by atoms with Gasteiger partial charge in [0.05, 0.1) is 19.3 Å². The first kappa shape index (κ1) is 21.1. The van der Waals surface area contributed by atoms with Gasteiger partial charge in [-0.05, 0) is 76.2 Å².